The molecule has 2 N–H and O–H groups in total. The van der Waals surface area contributed by atoms with Crippen molar-refractivity contribution in [3.63, 3.8) is 0 Å². The maximum atomic E-state index is 12.7. The van der Waals surface area contributed by atoms with Crippen LogP contribution in [-0.2, 0) is 20.0 Å². The van der Waals surface area contributed by atoms with E-state index in [1.165, 1.54) is 22.5 Å². The van der Waals surface area contributed by atoms with Crippen LogP contribution in [0.4, 0.5) is 0 Å². The molecule has 0 aromatic heterocycles. The average Bonchev–Trinajstić information content (AvgIpc) is 2.88. The second kappa shape index (κ2) is 5.68. The zero-order chi connectivity index (χ0) is 15.8. The first-order chi connectivity index (χ1) is 9.64. The van der Waals surface area contributed by atoms with Gasteiger partial charge in [-0.3, -0.25) is 0 Å². The lowest BCUT2D eigenvalue weighted by molar-refractivity contribution is 0.315. The molecular weight excluding hydrogens is 312 g/mol. The summed E-state index contributed by atoms with van der Waals surface area (Å²) >= 11 is 0. The molecule has 6 nitrogen and oxygen atoms in total. The highest BCUT2D eigenvalue weighted by atomic mass is 32.2. The smallest absolute Gasteiger partial charge is 0.225 e. The van der Waals surface area contributed by atoms with Crippen LogP contribution in [0.15, 0.2) is 34.1 Å². The Kier molecular flexibility index (Phi) is 4.44. The van der Waals surface area contributed by atoms with Gasteiger partial charge in [-0.25, -0.2) is 22.0 Å². The van der Waals surface area contributed by atoms with Crippen LogP contribution >= 0.6 is 0 Å². The number of primary sulfonamides is 1. The van der Waals surface area contributed by atoms with Crippen LogP contribution in [0.3, 0.4) is 0 Å². The summed E-state index contributed by atoms with van der Waals surface area (Å²) in [7, 11) is -7.62. The first kappa shape index (κ1) is 16.4. The van der Waals surface area contributed by atoms with Gasteiger partial charge in [-0.15, -0.1) is 0 Å². The first-order valence-electron chi connectivity index (χ1n) is 6.79. The van der Waals surface area contributed by atoms with Gasteiger partial charge in [0.1, 0.15) is 0 Å². The van der Waals surface area contributed by atoms with Gasteiger partial charge < -0.3 is 0 Å². The Labute approximate surface area is 126 Å². The summed E-state index contributed by atoms with van der Waals surface area (Å²) in [6.45, 7) is 4.43. The Balaban J connectivity index is 2.45. The minimum Gasteiger partial charge on any atom is -0.225 e. The van der Waals surface area contributed by atoms with Gasteiger partial charge in [0.15, 0.2) is 0 Å². The Hall–Kier alpha value is -0.960. The minimum atomic E-state index is -3.92. The van der Waals surface area contributed by atoms with Gasteiger partial charge in [0.25, 0.3) is 0 Å². The van der Waals surface area contributed by atoms with Gasteiger partial charge in [0, 0.05) is 12.6 Å². The van der Waals surface area contributed by atoms with Crippen LogP contribution < -0.4 is 5.14 Å². The summed E-state index contributed by atoms with van der Waals surface area (Å²) in [5, 5.41) is 5.06. The largest absolute Gasteiger partial charge is 0.243 e. The Bertz CT molecular complexity index is 726. The summed E-state index contributed by atoms with van der Waals surface area (Å²) in [6.07, 6.45) is 1.64. The van der Waals surface area contributed by atoms with Crippen molar-refractivity contribution in [1.29, 1.82) is 0 Å². The number of nitrogens with two attached hydrogens (primary N) is 1. The summed E-state index contributed by atoms with van der Waals surface area (Å²) in [5.41, 5.74) is 0. The minimum absolute atomic E-state index is 0.0263. The molecule has 0 bridgehead atoms. The molecule has 1 unspecified atom stereocenters. The average molecular weight is 332 g/mol. The molecule has 1 aromatic rings. The van der Waals surface area contributed by atoms with E-state index in [4.69, 9.17) is 5.14 Å². The predicted molar refractivity (Wildman–Crippen MR) is 79.6 cm³/mol. The SMILES string of the molecule is CC(C)C1CCCN1S(=O)(=O)c1cccc(S(N)(=O)=O)c1. The second-order valence-corrected chi connectivity index (χ2v) is 9.04. The fraction of sp³-hybridized carbons (Fsp3) is 0.538. The molecule has 1 aliphatic rings. The van der Waals surface area contributed by atoms with Crippen molar-refractivity contribution < 1.29 is 16.8 Å². The number of hydrogen-bond donors (Lipinski definition) is 1. The van der Waals surface area contributed by atoms with E-state index in [0.717, 1.165) is 18.9 Å². The summed E-state index contributed by atoms with van der Waals surface area (Å²) in [6, 6.07) is 5.17. The summed E-state index contributed by atoms with van der Waals surface area (Å²) in [5.74, 6) is 0.212. The predicted octanol–water partition coefficient (Wildman–Crippen LogP) is 1.14. The lowest BCUT2D eigenvalue weighted by Crippen LogP contribution is -2.38. The number of rotatable bonds is 4. The number of nitrogens with zero attached hydrogens (tertiary/aromatic N) is 1. The molecule has 0 spiro atoms. The molecule has 1 heterocycles. The monoisotopic (exact) mass is 332 g/mol. The molecule has 0 saturated carbocycles. The van der Waals surface area contributed by atoms with Crippen molar-refractivity contribution in [1.82, 2.24) is 4.31 Å². The molecule has 2 rings (SSSR count). The number of hydrogen-bond acceptors (Lipinski definition) is 4. The van der Waals surface area contributed by atoms with Crippen molar-refractivity contribution in [2.24, 2.45) is 11.1 Å². The van der Waals surface area contributed by atoms with Gasteiger partial charge in [-0.1, -0.05) is 19.9 Å². The van der Waals surface area contributed by atoms with E-state index in [0.29, 0.717) is 6.54 Å². The molecule has 1 fully saturated rings. The molecular formula is C13H20N2O4S2. The van der Waals surface area contributed by atoms with Gasteiger partial charge in [0.05, 0.1) is 9.79 Å². The summed E-state index contributed by atoms with van der Waals surface area (Å²) < 4.78 is 49.7. The lowest BCUT2D eigenvalue weighted by Gasteiger charge is -2.27. The van der Waals surface area contributed by atoms with E-state index in [2.05, 4.69) is 0 Å². The van der Waals surface area contributed by atoms with E-state index in [1.54, 1.807) is 0 Å². The Morgan fingerprint density at radius 3 is 2.38 bits per heavy atom. The first-order valence-corrected chi connectivity index (χ1v) is 9.77. The highest BCUT2D eigenvalue weighted by Gasteiger charge is 2.36. The molecule has 1 atom stereocenters. The van der Waals surface area contributed by atoms with Crippen LogP contribution in [0.1, 0.15) is 26.7 Å². The summed E-state index contributed by atoms with van der Waals surface area (Å²) in [4.78, 5) is -0.217. The van der Waals surface area contributed by atoms with Crippen LogP contribution in [0.5, 0.6) is 0 Å². The lowest BCUT2D eigenvalue weighted by atomic mass is 10.0. The van der Waals surface area contributed by atoms with Crippen molar-refractivity contribution in [3.05, 3.63) is 24.3 Å². The molecule has 0 radical (unpaired) electrons. The maximum absolute atomic E-state index is 12.7. The molecule has 1 aromatic carbocycles. The van der Waals surface area contributed by atoms with E-state index >= 15 is 0 Å². The molecule has 1 aliphatic heterocycles. The van der Waals surface area contributed by atoms with E-state index in [-0.39, 0.29) is 21.8 Å². The quantitative estimate of drug-likeness (QED) is 0.894. The normalized spacial score (nSPS) is 21.0. The van der Waals surface area contributed by atoms with Gasteiger partial charge in [-0.05, 0) is 37.0 Å². The van der Waals surface area contributed by atoms with Gasteiger partial charge >= 0.3 is 0 Å². The molecule has 118 valence electrons. The van der Waals surface area contributed by atoms with Gasteiger partial charge in [0.2, 0.25) is 20.0 Å². The number of sulfonamides is 2. The fourth-order valence-electron chi connectivity index (χ4n) is 2.68. The highest BCUT2D eigenvalue weighted by Crippen LogP contribution is 2.30. The molecule has 8 heteroatoms. The maximum Gasteiger partial charge on any atom is 0.243 e. The van der Waals surface area contributed by atoms with Crippen molar-refractivity contribution in [3.8, 4) is 0 Å². The second-order valence-electron chi connectivity index (χ2n) is 5.59. The zero-order valence-electron chi connectivity index (χ0n) is 12.1. The van der Waals surface area contributed by atoms with E-state index in [9.17, 15) is 16.8 Å². The standard InChI is InChI=1S/C13H20N2O4S2/c1-10(2)13-7-4-8-15(13)21(18,19)12-6-3-5-11(9-12)20(14,16)17/h3,5-6,9-10,13H,4,7-8H2,1-2H3,(H2,14,16,17). The molecule has 21 heavy (non-hydrogen) atoms. The third-order valence-corrected chi connectivity index (χ3v) is 6.59. The highest BCUT2D eigenvalue weighted by molar-refractivity contribution is 7.90. The topological polar surface area (TPSA) is 97.5 Å². The van der Waals surface area contributed by atoms with E-state index < -0.39 is 20.0 Å². The fourth-order valence-corrected chi connectivity index (χ4v) is 5.18. The third-order valence-electron chi connectivity index (χ3n) is 3.76. The van der Waals surface area contributed by atoms with Crippen LogP contribution in [0.2, 0.25) is 0 Å². The third kappa shape index (κ3) is 3.28. The zero-order valence-corrected chi connectivity index (χ0v) is 13.7. The van der Waals surface area contributed by atoms with Crippen LogP contribution in [0.25, 0.3) is 0 Å². The molecule has 0 aliphatic carbocycles. The molecule has 0 amide bonds. The number of benzene rings is 1. The van der Waals surface area contributed by atoms with Crippen molar-refractivity contribution >= 4 is 20.0 Å². The van der Waals surface area contributed by atoms with Crippen LogP contribution in [0, 0.1) is 5.92 Å². The van der Waals surface area contributed by atoms with E-state index in [1.807, 2.05) is 13.8 Å². The van der Waals surface area contributed by atoms with Crippen molar-refractivity contribution in [2.45, 2.75) is 42.5 Å². The Morgan fingerprint density at radius 1 is 1.19 bits per heavy atom. The van der Waals surface area contributed by atoms with Crippen molar-refractivity contribution in [2.75, 3.05) is 6.54 Å². The Morgan fingerprint density at radius 2 is 1.81 bits per heavy atom. The van der Waals surface area contributed by atoms with Gasteiger partial charge in [-0.2, -0.15) is 4.31 Å². The van der Waals surface area contributed by atoms with Crippen LogP contribution in [-0.4, -0.2) is 33.7 Å². The molecule has 1 saturated heterocycles.